The van der Waals surface area contributed by atoms with Crippen molar-refractivity contribution in [3.05, 3.63) is 63.8 Å². The van der Waals surface area contributed by atoms with Crippen LogP contribution < -0.4 is 0 Å². The molecule has 0 spiro atoms. The third kappa shape index (κ3) is 3.30. The number of thioether (sulfide) groups is 1. The Balaban J connectivity index is 2.06. The summed E-state index contributed by atoms with van der Waals surface area (Å²) in [5.74, 6) is 0.615. The highest BCUT2D eigenvalue weighted by molar-refractivity contribution is 7.98. The number of nitriles is 1. The molecule has 0 N–H and O–H groups in total. The Labute approximate surface area is 114 Å². The molecule has 5 nitrogen and oxygen atoms in total. The van der Waals surface area contributed by atoms with Crippen LogP contribution in [0.4, 0.5) is 5.69 Å². The summed E-state index contributed by atoms with van der Waals surface area (Å²) in [6, 6.07) is 11.9. The first-order valence-corrected chi connectivity index (χ1v) is 6.40. The van der Waals surface area contributed by atoms with Gasteiger partial charge in [0.15, 0.2) is 0 Å². The van der Waals surface area contributed by atoms with Crippen molar-refractivity contribution in [1.29, 1.82) is 5.26 Å². The van der Waals surface area contributed by atoms with Crippen molar-refractivity contribution >= 4 is 17.4 Å². The first-order valence-electron chi connectivity index (χ1n) is 5.42. The van der Waals surface area contributed by atoms with Gasteiger partial charge in [0.1, 0.15) is 11.1 Å². The van der Waals surface area contributed by atoms with Crippen LogP contribution in [-0.2, 0) is 5.75 Å². The van der Waals surface area contributed by atoms with Gasteiger partial charge in [0, 0.05) is 24.1 Å². The smallest absolute Gasteiger partial charge is 0.258 e. The zero-order valence-corrected chi connectivity index (χ0v) is 10.6. The van der Waals surface area contributed by atoms with Crippen LogP contribution in [-0.4, -0.2) is 9.91 Å². The molecule has 0 aliphatic rings. The Hall–Kier alpha value is -2.39. The number of nitro benzene ring substituents is 1. The van der Waals surface area contributed by atoms with Crippen LogP contribution in [0.3, 0.4) is 0 Å². The van der Waals surface area contributed by atoms with Crippen LogP contribution in [0.15, 0.2) is 47.6 Å². The van der Waals surface area contributed by atoms with Gasteiger partial charge in [-0.15, -0.1) is 11.8 Å². The van der Waals surface area contributed by atoms with E-state index in [0.717, 1.165) is 5.56 Å². The highest BCUT2D eigenvalue weighted by Gasteiger charge is 2.06. The molecule has 0 bridgehead atoms. The fourth-order valence-corrected chi connectivity index (χ4v) is 2.36. The summed E-state index contributed by atoms with van der Waals surface area (Å²) in [7, 11) is 0. The molecule has 0 amide bonds. The first kappa shape index (κ1) is 13.1. The van der Waals surface area contributed by atoms with Gasteiger partial charge in [0.25, 0.3) is 5.69 Å². The van der Waals surface area contributed by atoms with Gasteiger partial charge in [-0.3, -0.25) is 10.1 Å². The molecule has 1 aromatic carbocycles. The topological polar surface area (TPSA) is 79.8 Å². The zero-order chi connectivity index (χ0) is 13.7. The minimum atomic E-state index is -0.427. The quantitative estimate of drug-likeness (QED) is 0.484. The van der Waals surface area contributed by atoms with Crippen LogP contribution in [0.5, 0.6) is 0 Å². The maximum atomic E-state index is 10.5. The second-order valence-electron chi connectivity index (χ2n) is 3.68. The molecular formula is C13H9N3O2S. The summed E-state index contributed by atoms with van der Waals surface area (Å²) >= 11 is 1.44. The Morgan fingerprint density at radius 1 is 1.32 bits per heavy atom. The van der Waals surface area contributed by atoms with E-state index < -0.39 is 4.92 Å². The maximum Gasteiger partial charge on any atom is 0.269 e. The van der Waals surface area contributed by atoms with Crippen LogP contribution in [0.1, 0.15) is 11.1 Å². The number of aromatic nitrogens is 1. The number of benzene rings is 1. The van der Waals surface area contributed by atoms with Crippen molar-refractivity contribution in [3.8, 4) is 6.07 Å². The van der Waals surface area contributed by atoms with E-state index in [1.807, 2.05) is 0 Å². The number of hydrogen-bond donors (Lipinski definition) is 0. The van der Waals surface area contributed by atoms with E-state index in [1.165, 1.54) is 23.9 Å². The molecule has 6 heteroatoms. The largest absolute Gasteiger partial charge is 0.269 e. The third-order valence-corrected chi connectivity index (χ3v) is 3.49. The summed E-state index contributed by atoms with van der Waals surface area (Å²) < 4.78 is 0. The normalized spacial score (nSPS) is 9.84. The van der Waals surface area contributed by atoms with Gasteiger partial charge in [-0.05, 0) is 17.7 Å². The average molecular weight is 271 g/mol. The van der Waals surface area contributed by atoms with Gasteiger partial charge in [0.05, 0.1) is 10.5 Å². The van der Waals surface area contributed by atoms with Crippen molar-refractivity contribution < 1.29 is 4.92 Å². The molecule has 19 heavy (non-hydrogen) atoms. The van der Waals surface area contributed by atoms with E-state index in [4.69, 9.17) is 5.26 Å². The van der Waals surface area contributed by atoms with Crippen LogP contribution in [0.25, 0.3) is 0 Å². The fourth-order valence-electron chi connectivity index (χ4n) is 1.46. The van der Waals surface area contributed by atoms with Gasteiger partial charge >= 0.3 is 0 Å². The standard InChI is InChI=1S/C13H9N3O2S/c14-8-11-2-1-7-15-13(11)19-9-10-3-5-12(6-4-10)16(17)18/h1-7H,9H2. The summed E-state index contributed by atoms with van der Waals surface area (Å²) in [5.41, 5.74) is 1.56. The van der Waals surface area contributed by atoms with E-state index in [1.54, 1.807) is 30.5 Å². The summed E-state index contributed by atoms with van der Waals surface area (Å²) in [6.45, 7) is 0. The monoisotopic (exact) mass is 271 g/mol. The predicted molar refractivity (Wildman–Crippen MR) is 71.6 cm³/mol. The zero-order valence-electron chi connectivity index (χ0n) is 9.81. The molecule has 0 saturated carbocycles. The molecule has 0 unspecified atom stereocenters. The molecule has 94 valence electrons. The van der Waals surface area contributed by atoms with Crippen LogP contribution in [0.2, 0.25) is 0 Å². The second-order valence-corrected chi connectivity index (χ2v) is 4.64. The van der Waals surface area contributed by atoms with Gasteiger partial charge in [-0.25, -0.2) is 4.98 Å². The van der Waals surface area contributed by atoms with Crippen molar-refractivity contribution in [2.24, 2.45) is 0 Å². The van der Waals surface area contributed by atoms with Crippen molar-refractivity contribution in [1.82, 2.24) is 4.98 Å². The molecule has 2 rings (SSSR count). The van der Waals surface area contributed by atoms with Crippen LogP contribution in [0, 0.1) is 21.4 Å². The van der Waals surface area contributed by atoms with Gasteiger partial charge in [-0.1, -0.05) is 12.1 Å². The Bertz CT molecular complexity index is 635. The highest BCUT2D eigenvalue weighted by atomic mass is 32.2. The van der Waals surface area contributed by atoms with E-state index in [9.17, 15) is 10.1 Å². The van der Waals surface area contributed by atoms with E-state index in [0.29, 0.717) is 16.3 Å². The highest BCUT2D eigenvalue weighted by Crippen LogP contribution is 2.24. The Morgan fingerprint density at radius 3 is 2.68 bits per heavy atom. The van der Waals surface area contributed by atoms with E-state index in [-0.39, 0.29) is 5.69 Å². The van der Waals surface area contributed by atoms with E-state index >= 15 is 0 Å². The molecule has 0 fully saturated rings. The first-order chi connectivity index (χ1) is 9.20. The molecule has 0 radical (unpaired) electrons. The average Bonchev–Trinajstić information content (AvgIpc) is 2.45. The van der Waals surface area contributed by atoms with Crippen molar-refractivity contribution in [3.63, 3.8) is 0 Å². The Morgan fingerprint density at radius 2 is 2.05 bits per heavy atom. The lowest BCUT2D eigenvalue weighted by Crippen LogP contribution is -1.89. The fraction of sp³-hybridized carbons (Fsp3) is 0.0769. The SMILES string of the molecule is N#Cc1cccnc1SCc1ccc([N+](=O)[O-])cc1. The van der Waals surface area contributed by atoms with Gasteiger partial charge in [-0.2, -0.15) is 5.26 Å². The van der Waals surface area contributed by atoms with E-state index in [2.05, 4.69) is 11.1 Å². The van der Waals surface area contributed by atoms with Gasteiger partial charge in [0.2, 0.25) is 0 Å². The molecule has 1 aromatic heterocycles. The summed E-state index contributed by atoms with van der Waals surface area (Å²) in [4.78, 5) is 14.2. The minimum absolute atomic E-state index is 0.0734. The number of non-ortho nitro benzene ring substituents is 1. The molecule has 0 atom stereocenters. The molecule has 2 aromatic rings. The number of hydrogen-bond acceptors (Lipinski definition) is 5. The summed E-state index contributed by atoms with van der Waals surface area (Å²) in [5, 5.41) is 20.1. The molecule has 0 aliphatic heterocycles. The van der Waals surface area contributed by atoms with Crippen LogP contribution >= 0.6 is 11.8 Å². The molecule has 1 heterocycles. The molecule has 0 saturated heterocycles. The minimum Gasteiger partial charge on any atom is -0.258 e. The lowest BCUT2D eigenvalue weighted by atomic mass is 10.2. The second kappa shape index (κ2) is 5.98. The number of nitro groups is 1. The number of rotatable bonds is 4. The lowest BCUT2D eigenvalue weighted by molar-refractivity contribution is -0.384. The molecule has 0 aliphatic carbocycles. The van der Waals surface area contributed by atoms with Crippen molar-refractivity contribution in [2.75, 3.05) is 0 Å². The van der Waals surface area contributed by atoms with Crippen molar-refractivity contribution in [2.45, 2.75) is 10.8 Å². The predicted octanol–water partition coefficient (Wildman–Crippen LogP) is 3.15. The lowest BCUT2D eigenvalue weighted by Gasteiger charge is -2.02. The number of nitrogens with zero attached hydrogens (tertiary/aromatic N) is 3. The summed E-state index contributed by atoms with van der Waals surface area (Å²) in [6.07, 6.45) is 1.64. The maximum absolute atomic E-state index is 10.5. The number of pyridine rings is 1. The third-order valence-electron chi connectivity index (χ3n) is 2.41. The van der Waals surface area contributed by atoms with Gasteiger partial charge < -0.3 is 0 Å². The molecular weight excluding hydrogens is 262 g/mol. The Kier molecular flexibility index (Phi) is 4.11.